The zero-order chi connectivity index (χ0) is 19.2. The number of aryl methyl sites for hydroxylation is 1. The maximum atomic E-state index is 13.2. The van der Waals surface area contributed by atoms with Crippen molar-refractivity contribution in [1.82, 2.24) is 0 Å². The Kier molecular flexibility index (Phi) is 5.87. The molecule has 0 bridgehead atoms. The molecule has 0 saturated carbocycles. The van der Waals surface area contributed by atoms with E-state index >= 15 is 0 Å². The molecule has 0 fully saturated rings. The number of hydrogen-bond donors (Lipinski definition) is 1. The molecule has 3 aromatic rings. The van der Waals surface area contributed by atoms with Gasteiger partial charge in [0.2, 0.25) is 5.91 Å². The monoisotopic (exact) mass is 363 g/mol. The highest BCUT2D eigenvalue weighted by Gasteiger charge is 2.22. The number of carbonyl (C=O) groups excluding carboxylic acids is 1. The summed E-state index contributed by atoms with van der Waals surface area (Å²) in [7, 11) is 1.58. The number of nitrogens with one attached hydrogen (secondary N) is 1. The van der Waals surface area contributed by atoms with E-state index in [0.717, 1.165) is 16.7 Å². The van der Waals surface area contributed by atoms with Crippen LogP contribution in [0.15, 0.2) is 72.8 Å². The van der Waals surface area contributed by atoms with Gasteiger partial charge >= 0.3 is 0 Å². The van der Waals surface area contributed by atoms with Crippen LogP contribution in [0.25, 0.3) is 0 Å². The Morgan fingerprint density at radius 1 is 1.04 bits per heavy atom. The van der Waals surface area contributed by atoms with Crippen LogP contribution in [-0.2, 0) is 11.2 Å². The first-order chi connectivity index (χ1) is 13.1. The second-order valence-electron chi connectivity index (χ2n) is 6.49. The molecule has 1 amide bonds. The summed E-state index contributed by atoms with van der Waals surface area (Å²) in [5.74, 6) is -0.206. The van der Waals surface area contributed by atoms with Crippen molar-refractivity contribution in [2.45, 2.75) is 19.3 Å². The van der Waals surface area contributed by atoms with E-state index in [1.165, 1.54) is 12.1 Å². The number of halogens is 1. The normalized spacial score (nSPS) is 11.7. The molecule has 0 aliphatic rings. The number of carbonyl (C=O) groups is 1. The standard InChI is InChI=1S/C23H22FNO2/c1-16-8-13-22(27-2)21(14-16)25-23(26)20(18-6-4-3-5-7-18)15-17-9-11-19(24)12-10-17/h3-14,20H,15H2,1-2H3,(H,25,26). The Bertz CT molecular complexity index is 907. The van der Waals surface area contributed by atoms with Crippen LogP contribution >= 0.6 is 0 Å². The van der Waals surface area contributed by atoms with Gasteiger partial charge in [0.25, 0.3) is 0 Å². The average molecular weight is 363 g/mol. The van der Waals surface area contributed by atoms with Crippen LogP contribution in [0.3, 0.4) is 0 Å². The fourth-order valence-electron chi connectivity index (χ4n) is 3.04. The van der Waals surface area contributed by atoms with E-state index in [9.17, 15) is 9.18 Å². The molecule has 0 heterocycles. The summed E-state index contributed by atoms with van der Waals surface area (Å²) in [5.41, 5.74) is 3.48. The zero-order valence-electron chi connectivity index (χ0n) is 15.4. The number of anilines is 1. The Morgan fingerprint density at radius 3 is 2.41 bits per heavy atom. The van der Waals surface area contributed by atoms with Gasteiger partial charge in [0.1, 0.15) is 11.6 Å². The van der Waals surface area contributed by atoms with E-state index in [1.807, 2.05) is 55.5 Å². The van der Waals surface area contributed by atoms with Crippen molar-refractivity contribution >= 4 is 11.6 Å². The quantitative estimate of drug-likeness (QED) is 0.661. The molecule has 0 spiro atoms. The van der Waals surface area contributed by atoms with Crippen LogP contribution in [-0.4, -0.2) is 13.0 Å². The van der Waals surface area contributed by atoms with Crippen LogP contribution < -0.4 is 10.1 Å². The van der Waals surface area contributed by atoms with Crippen molar-refractivity contribution in [3.05, 3.63) is 95.3 Å². The first-order valence-corrected chi connectivity index (χ1v) is 8.81. The molecule has 0 saturated heterocycles. The molecule has 1 unspecified atom stereocenters. The highest BCUT2D eigenvalue weighted by molar-refractivity contribution is 5.97. The number of rotatable bonds is 6. The van der Waals surface area contributed by atoms with Gasteiger partial charge in [-0.3, -0.25) is 4.79 Å². The first-order valence-electron chi connectivity index (χ1n) is 8.81. The second-order valence-corrected chi connectivity index (χ2v) is 6.49. The number of methoxy groups -OCH3 is 1. The van der Waals surface area contributed by atoms with Gasteiger partial charge in [0, 0.05) is 0 Å². The second kappa shape index (κ2) is 8.49. The van der Waals surface area contributed by atoms with Gasteiger partial charge in [0.05, 0.1) is 18.7 Å². The molecule has 4 heteroatoms. The van der Waals surface area contributed by atoms with E-state index in [1.54, 1.807) is 19.2 Å². The number of amides is 1. The minimum atomic E-state index is -0.401. The van der Waals surface area contributed by atoms with Gasteiger partial charge in [-0.2, -0.15) is 0 Å². The third kappa shape index (κ3) is 4.73. The molecule has 27 heavy (non-hydrogen) atoms. The molecule has 0 aliphatic carbocycles. The van der Waals surface area contributed by atoms with Gasteiger partial charge in [-0.05, 0) is 54.3 Å². The summed E-state index contributed by atoms with van der Waals surface area (Å²) in [6.45, 7) is 1.96. The molecule has 3 nitrogen and oxygen atoms in total. The fourth-order valence-corrected chi connectivity index (χ4v) is 3.04. The molecule has 0 aromatic heterocycles. The van der Waals surface area contributed by atoms with Crippen molar-refractivity contribution in [3.63, 3.8) is 0 Å². The number of benzene rings is 3. The Balaban J connectivity index is 1.89. The molecular formula is C23H22FNO2. The van der Waals surface area contributed by atoms with Crippen molar-refractivity contribution in [3.8, 4) is 5.75 Å². The minimum absolute atomic E-state index is 0.130. The molecule has 3 aromatic carbocycles. The molecule has 3 rings (SSSR count). The van der Waals surface area contributed by atoms with Gasteiger partial charge in [-0.25, -0.2) is 4.39 Å². The molecule has 0 radical (unpaired) electrons. The first kappa shape index (κ1) is 18.6. The molecule has 1 N–H and O–H groups in total. The van der Waals surface area contributed by atoms with Crippen LogP contribution in [0.4, 0.5) is 10.1 Å². The summed E-state index contributed by atoms with van der Waals surface area (Å²) in [6, 6.07) is 21.5. The average Bonchev–Trinajstić information content (AvgIpc) is 2.68. The largest absolute Gasteiger partial charge is 0.495 e. The van der Waals surface area contributed by atoms with E-state index in [2.05, 4.69) is 5.32 Å². The summed E-state index contributed by atoms with van der Waals surface area (Å²) < 4.78 is 18.6. The van der Waals surface area contributed by atoms with Crippen LogP contribution in [0.2, 0.25) is 0 Å². The highest BCUT2D eigenvalue weighted by Crippen LogP contribution is 2.28. The lowest BCUT2D eigenvalue weighted by atomic mass is 9.91. The summed E-state index contributed by atoms with van der Waals surface area (Å²) in [5, 5.41) is 2.99. The van der Waals surface area contributed by atoms with Gasteiger partial charge < -0.3 is 10.1 Å². The van der Waals surface area contributed by atoms with Crippen molar-refractivity contribution in [1.29, 1.82) is 0 Å². The maximum Gasteiger partial charge on any atom is 0.232 e. The lowest BCUT2D eigenvalue weighted by Crippen LogP contribution is -2.23. The predicted molar refractivity (Wildman–Crippen MR) is 106 cm³/mol. The van der Waals surface area contributed by atoms with Crippen LogP contribution in [0, 0.1) is 12.7 Å². The Hall–Kier alpha value is -3.14. The summed E-state index contributed by atoms with van der Waals surface area (Å²) in [4.78, 5) is 13.1. The van der Waals surface area contributed by atoms with Crippen LogP contribution in [0.5, 0.6) is 5.75 Å². The summed E-state index contributed by atoms with van der Waals surface area (Å²) in [6.07, 6.45) is 0.476. The lowest BCUT2D eigenvalue weighted by molar-refractivity contribution is -0.117. The highest BCUT2D eigenvalue weighted by atomic mass is 19.1. The molecule has 0 aliphatic heterocycles. The minimum Gasteiger partial charge on any atom is -0.495 e. The van der Waals surface area contributed by atoms with E-state index in [4.69, 9.17) is 4.74 Å². The third-order valence-corrected chi connectivity index (χ3v) is 4.48. The Morgan fingerprint density at radius 2 is 1.74 bits per heavy atom. The topological polar surface area (TPSA) is 38.3 Å². The van der Waals surface area contributed by atoms with Gasteiger partial charge in [-0.15, -0.1) is 0 Å². The van der Waals surface area contributed by atoms with E-state index in [-0.39, 0.29) is 11.7 Å². The van der Waals surface area contributed by atoms with Gasteiger partial charge in [0.15, 0.2) is 0 Å². The van der Waals surface area contributed by atoms with Crippen molar-refractivity contribution in [2.75, 3.05) is 12.4 Å². The van der Waals surface area contributed by atoms with Crippen molar-refractivity contribution < 1.29 is 13.9 Å². The van der Waals surface area contributed by atoms with Crippen LogP contribution in [0.1, 0.15) is 22.6 Å². The summed E-state index contributed by atoms with van der Waals surface area (Å²) >= 11 is 0. The fraction of sp³-hybridized carbons (Fsp3) is 0.174. The number of ether oxygens (including phenoxy) is 1. The SMILES string of the molecule is COc1ccc(C)cc1NC(=O)C(Cc1ccc(F)cc1)c1ccccc1. The number of hydrogen-bond acceptors (Lipinski definition) is 2. The molecule has 138 valence electrons. The Labute approximate surface area is 158 Å². The molecule has 1 atom stereocenters. The maximum absolute atomic E-state index is 13.2. The third-order valence-electron chi connectivity index (χ3n) is 4.48. The molecular weight excluding hydrogens is 341 g/mol. The van der Waals surface area contributed by atoms with Crippen molar-refractivity contribution in [2.24, 2.45) is 0 Å². The zero-order valence-corrected chi connectivity index (χ0v) is 15.4. The lowest BCUT2D eigenvalue weighted by Gasteiger charge is -2.19. The van der Waals surface area contributed by atoms with E-state index in [0.29, 0.717) is 17.9 Å². The predicted octanol–water partition coefficient (Wildman–Crippen LogP) is 5.11. The van der Waals surface area contributed by atoms with E-state index < -0.39 is 5.92 Å². The van der Waals surface area contributed by atoms with Gasteiger partial charge in [-0.1, -0.05) is 48.5 Å². The smallest absolute Gasteiger partial charge is 0.232 e.